The molecule has 5 atom stereocenters. The first kappa shape index (κ1) is 17.8. The number of phosphoric acid groups is 1. The van der Waals surface area contributed by atoms with Gasteiger partial charge in [0.2, 0.25) is 0 Å². The lowest BCUT2D eigenvalue weighted by Crippen LogP contribution is -2.45. The third kappa shape index (κ3) is 3.10. The molecular formula is C12H15ClFN2O7P. The number of nitrogens with zero attached hydrogens (tertiary/aromatic N) is 1. The van der Waals surface area contributed by atoms with E-state index in [1.165, 1.54) is 0 Å². The van der Waals surface area contributed by atoms with Crippen LogP contribution in [0.2, 0.25) is 0 Å². The molecule has 0 aliphatic carbocycles. The summed E-state index contributed by atoms with van der Waals surface area (Å²) in [4.78, 5) is 24.9. The van der Waals surface area contributed by atoms with E-state index in [9.17, 15) is 14.2 Å². The molecule has 2 aliphatic heterocycles. The van der Waals surface area contributed by atoms with Gasteiger partial charge < -0.3 is 4.74 Å². The number of rotatable bonds is 3. The molecule has 0 unspecified atom stereocenters. The van der Waals surface area contributed by atoms with Crippen molar-refractivity contribution in [3.63, 3.8) is 0 Å². The molecule has 2 fully saturated rings. The summed E-state index contributed by atoms with van der Waals surface area (Å²) in [6.07, 6.45) is -3.54. The Morgan fingerprint density at radius 3 is 2.88 bits per heavy atom. The van der Waals surface area contributed by atoms with Gasteiger partial charge in [0.15, 0.2) is 12.3 Å². The summed E-state index contributed by atoms with van der Waals surface area (Å²) in [6, 6.07) is 1.02. The fourth-order valence-electron chi connectivity index (χ4n) is 2.49. The summed E-state index contributed by atoms with van der Waals surface area (Å²) in [6.45, 7) is 2.92. The van der Waals surface area contributed by atoms with Gasteiger partial charge in [0.1, 0.15) is 6.10 Å². The lowest BCUT2D eigenvalue weighted by Gasteiger charge is -2.33. The summed E-state index contributed by atoms with van der Waals surface area (Å²) >= 11 is 5.92. The first-order valence-electron chi connectivity index (χ1n) is 7.08. The molecule has 9 nitrogen and oxygen atoms in total. The SMILES string of the molecule is CC(C)O[P@]1(=O)OC[C@H]2O[C@@H](n3ccc(=O)[nH]c3=O)[C@](F)(Cl)[C@@H]2O1. The molecule has 1 N–H and O–H groups in total. The van der Waals surface area contributed by atoms with Crippen LogP contribution in [-0.4, -0.2) is 39.6 Å². The molecule has 12 heteroatoms. The largest absolute Gasteiger partial charge is 0.475 e. The van der Waals surface area contributed by atoms with Crippen molar-refractivity contribution in [2.24, 2.45) is 0 Å². The van der Waals surface area contributed by atoms with Crippen molar-refractivity contribution in [3.8, 4) is 0 Å². The summed E-state index contributed by atoms with van der Waals surface area (Å²) in [5, 5.41) is -2.73. The van der Waals surface area contributed by atoms with E-state index in [1.54, 1.807) is 13.8 Å². The second-order valence-corrected chi connectivity index (χ2v) is 7.80. The van der Waals surface area contributed by atoms with E-state index in [2.05, 4.69) is 0 Å². The molecule has 0 radical (unpaired) electrons. The van der Waals surface area contributed by atoms with Crippen LogP contribution in [-0.2, 0) is 22.9 Å². The molecule has 0 spiro atoms. The Bertz CT molecular complexity index is 794. The Morgan fingerprint density at radius 1 is 1.54 bits per heavy atom. The van der Waals surface area contributed by atoms with Gasteiger partial charge >= 0.3 is 13.5 Å². The second kappa shape index (κ2) is 6.05. The number of aromatic amines is 1. The topological polar surface area (TPSA) is 109 Å². The van der Waals surface area contributed by atoms with Gasteiger partial charge in [0.05, 0.1) is 12.7 Å². The Morgan fingerprint density at radius 2 is 2.25 bits per heavy atom. The number of fused-ring (bicyclic) bond motifs is 1. The first-order chi connectivity index (χ1) is 11.1. The van der Waals surface area contributed by atoms with Gasteiger partial charge in [-0.05, 0) is 13.8 Å². The minimum Gasteiger partial charge on any atom is -0.344 e. The van der Waals surface area contributed by atoms with Gasteiger partial charge in [0.25, 0.3) is 10.7 Å². The van der Waals surface area contributed by atoms with Crippen molar-refractivity contribution >= 4 is 19.4 Å². The highest BCUT2D eigenvalue weighted by atomic mass is 35.5. The molecule has 3 rings (SSSR count). The molecule has 0 saturated carbocycles. The number of hydrogen-bond donors (Lipinski definition) is 1. The van der Waals surface area contributed by atoms with Crippen LogP contribution >= 0.6 is 19.4 Å². The Balaban J connectivity index is 1.91. The third-order valence-electron chi connectivity index (χ3n) is 3.43. The zero-order valence-electron chi connectivity index (χ0n) is 12.7. The van der Waals surface area contributed by atoms with E-state index in [1.807, 2.05) is 4.98 Å². The van der Waals surface area contributed by atoms with Crippen molar-refractivity contribution in [1.29, 1.82) is 0 Å². The van der Waals surface area contributed by atoms with E-state index in [0.717, 1.165) is 16.8 Å². The highest BCUT2D eigenvalue weighted by Gasteiger charge is 2.63. The standard InChI is InChI=1S/C12H15ClFN2O7P/c1-6(2)22-24(19)20-5-7-9(23-24)12(13,14)10(21-7)16-4-3-8(17)15-11(16)18/h3-4,6-7,9-10H,5H2,1-2H3,(H,15,17,18)/t7-,9-,10-,12+,24+/m1/s1. The summed E-state index contributed by atoms with van der Waals surface area (Å²) in [5.74, 6) is 0. The van der Waals surface area contributed by atoms with Crippen LogP contribution < -0.4 is 11.2 Å². The molecule has 0 bridgehead atoms. The molecule has 1 aromatic heterocycles. The monoisotopic (exact) mass is 384 g/mol. The average Bonchev–Trinajstić information content (AvgIpc) is 2.69. The van der Waals surface area contributed by atoms with Gasteiger partial charge in [-0.15, -0.1) is 0 Å². The zero-order chi connectivity index (χ0) is 17.7. The predicted octanol–water partition coefficient (Wildman–Crippen LogP) is 1.29. The smallest absolute Gasteiger partial charge is 0.344 e. The number of ether oxygens (including phenoxy) is 1. The average molecular weight is 385 g/mol. The number of nitrogens with one attached hydrogen (secondary N) is 1. The second-order valence-electron chi connectivity index (χ2n) is 5.64. The van der Waals surface area contributed by atoms with Crippen LogP contribution in [0.5, 0.6) is 0 Å². The van der Waals surface area contributed by atoms with Crippen LogP contribution in [0.4, 0.5) is 4.39 Å². The van der Waals surface area contributed by atoms with Crippen molar-refractivity contribution in [2.75, 3.05) is 6.61 Å². The molecule has 3 heterocycles. The predicted molar refractivity (Wildman–Crippen MR) is 79.6 cm³/mol. The third-order valence-corrected chi connectivity index (χ3v) is 5.47. The van der Waals surface area contributed by atoms with Crippen LogP contribution in [0.15, 0.2) is 21.9 Å². The summed E-state index contributed by atoms with van der Waals surface area (Å²) in [5.41, 5.74) is -1.56. The van der Waals surface area contributed by atoms with Gasteiger partial charge in [0, 0.05) is 12.3 Å². The van der Waals surface area contributed by atoms with E-state index < -0.39 is 48.7 Å². The quantitative estimate of drug-likeness (QED) is 0.617. The molecule has 2 saturated heterocycles. The number of alkyl halides is 2. The number of aromatic nitrogens is 2. The van der Waals surface area contributed by atoms with E-state index >= 15 is 4.39 Å². The van der Waals surface area contributed by atoms with Crippen LogP contribution in [0.25, 0.3) is 0 Å². The van der Waals surface area contributed by atoms with E-state index in [4.69, 9.17) is 29.9 Å². The molecular weight excluding hydrogens is 370 g/mol. The Kier molecular flexibility index (Phi) is 4.48. The van der Waals surface area contributed by atoms with Crippen molar-refractivity contribution in [3.05, 3.63) is 33.1 Å². The molecule has 2 aliphatic rings. The minimum atomic E-state index is -4.01. The number of hydrogen-bond acceptors (Lipinski definition) is 7. The van der Waals surface area contributed by atoms with Gasteiger partial charge in [-0.2, -0.15) is 0 Å². The Labute approximate surface area is 140 Å². The maximum atomic E-state index is 15.1. The number of halogens is 2. The van der Waals surface area contributed by atoms with Crippen molar-refractivity contribution in [2.45, 2.75) is 43.5 Å². The fourth-order valence-corrected chi connectivity index (χ4v) is 4.48. The minimum absolute atomic E-state index is 0.290. The fraction of sp³-hybridized carbons (Fsp3) is 0.667. The normalized spacial score (nSPS) is 39.1. The number of phosphoric ester groups is 1. The van der Waals surface area contributed by atoms with Crippen LogP contribution in [0.3, 0.4) is 0 Å². The van der Waals surface area contributed by atoms with E-state index in [0.29, 0.717) is 0 Å². The molecule has 0 amide bonds. The summed E-state index contributed by atoms with van der Waals surface area (Å²) < 4.78 is 48.9. The molecule has 134 valence electrons. The maximum absolute atomic E-state index is 15.1. The van der Waals surface area contributed by atoms with Crippen molar-refractivity contribution in [1.82, 2.24) is 9.55 Å². The Hall–Kier alpha value is -1.03. The maximum Gasteiger partial charge on any atom is 0.475 e. The van der Waals surface area contributed by atoms with Gasteiger partial charge in [-0.1, -0.05) is 11.6 Å². The zero-order valence-corrected chi connectivity index (χ0v) is 14.3. The number of H-pyrrole nitrogens is 1. The van der Waals surface area contributed by atoms with Crippen LogP contribution in [0.1, 0.15) is 20.1 Å². The lowest BCUT2D eigenvalue weighted by atomic mass is 10.1. The first-order valence-corrected chi connectivity index (χ1v) is 8.92. The highest BCUT2D eigenvalue weighted by molar-refractivity contribution is 7.48. The van der Waals surface area contributed by atoms with Gasteiger partial charge in [-0.25, -0.2) is 13.8 Å². The lowest BCUT2D eigenvalue weighted by molar-refractivity contribution is -0.0749. The van der Waals surface area contributed by atoms with Crippen LogP contribution in [0, 0.1) is 0 Å². The molecule has 24 heavy (non-hydrogen) atoms. The highest BCUT2D eigenvalue weighted by Crippen LogP contribution is 2.60. The molecule has 1 aromatic rings. The van der Waals surface area contributed by atoms with E-state index in [-0.39, 0.29) is 6.61 Å². The van der Waals surface area contributed by atoms with Crippen molar-refractivity contribution < 1.29 is 27.3 Å². The molecule has 0 aromatic carbocycles. The van der Waals surface area contributed by atoms with Gasteiger partial charge in [-0.3, -0.25) is 27.9 Å². The summed E-state index contributed by atoms with van der Waals surface area (Å²) in [7, 11) is -4.01.